The average molecular weight is 909 g/mol. The Kier molecular flexibility index (Phi) is 37.3. The van der Waals surface area contributed by atoms with E-state index in [0.29, 0.717) is 19.6 Å². The van der Waals surface area contributed by atoms with Crippen molar-refractivity contribution in [1.29, 1.82) is 0 Å². The molecule has 0 bridgehead atoms. The average Bonchev–Trinajstić information content (AvgIpc) is 3.33. The maximum atomic E-state index is 12.9. The van der Waals surface area contributed by atoms with Crippen molar-refractivity contribution in [1.82, 2.24) is 5.32 Å². The van der Waals surface area contributed by atoms with Crippen LogP contribution in [0.5, 0.6) is 0 Å². The molecule has 1 aliphatic rings. The van der Waals surface area contributed by atoms with Crippen LogP contribution in [0.2, 0.25) is 0 Å². The SMILES string of the molecule is CC#CC#CC#CC#CC#CC#CC#CC#CC#CC#CC#CC#CC(=O)N[C@@H](COC1OC(COCCCCCCN)C(O)C(O)C1O)[C@H](O)[C@H](O)CCCCCCCCCCCCCC. The first kappa shape index (κ1) is 58.8. The highest BCUT2D eigenvalue weighted by molar-refractivity contribution is 5.94. The summed E-state index contributed by atoms with van der Waals surface area (Å²) in [6.07, 6.45) is 7.66. The van der Waals surface area contributed by atoms with Crippen LogP contribution in [0.15, 0.2) is 0 Å². The van der Waals surface area contributed by atoms with Gasteiger partial charge in [0.05, 0.1) is 25.4 Å². The third kappa shape index (κ3) is 32.2. The number of nitrogens with one attached hydrogen (secondary N) is 1. The molecule has 1 amide bonds. The largest absolute Gasteiger partial charge is 0.390 e. The Morgan fingerprint density at radius 3 is 1.49 bits per heavy atom. The number of amides is 1. The van der Waals surface area contributed by atoms with Gasteiger partial charge in [0.2, 0.25) is 0 Å². The molecule has 0 radical (unpaired) electrons. The van der Waals surface area contributed by atoms with Gasteiger partial charge in [-0.3, -0.25) is 4.79 Å². The van der Waals surface area contributed by atoms with Crippen molar-refractivity contribution < 1.29 is 44.5 Å². The second-order valence-electron chi connectivity index (χ2n) is 15.1. The minimum Gasteiger partial charge on any atom is -0.390 e. The highest BCUT2D eigenvalue weighted by Crippen LogP contribution is 2.23. The van der Waals surface area contributed by atoms with Crippen molar-refractivity contribution in [2.75, 3.05) is 26.4 Å². The van der Waals surface area contributed by atoms with Gasteiger partial charge in [-0.1, -0.05) is 103 Å². The lowest BCUT2D eigenvalue weighted by Gasteiger charge is -2.40. The summed E-state index contributed by atoms with van der Waals surface area (Å²) >= 11 is 0. The number of carbonyl (C=O) groups is 1. The van der Waals surface area contributed by atoms with E-state index < -0.39 is 61.5 Å². The van der Waals surface area contributed by atoms with Crippen molar-refractivity contribution in [3.05, 3.63) is 0 Å². The number of ether oxygens (including phenoxy) is 3. The van der Waals surface area contributed by atoms with Crippen LogP contribution in [-0.4, -0.2) is 107 Å². The molecule has 11 nitrogen and oxygen atoms in total. The van der Waals surface area contributed by atoms with Crippen LogP contribution >= 0.6 is 0 Å². The van der Waals surface area contributed by atoms with Crippen LogP contribution in [-0.2, 0) is 19.0 Å². The third-order valence-electron chi connectivity index (χ3n) is 9.72. The molecule has 8 N–H and O–H groups in total. The maximum absolute atomic E-state index is 12.9. The molecule has 8 atom stereocenters. The van der Waals surface area contributed by atoms with Gasteiger partial charge in [-0.25, -0.2) is 0 Å². The smallest absolute Gasteiger partial charge is 0.297 e. The first-order valence-corrected chi connectivity index (χ1v) is 22.9. The zero-order valence-corrected chi connectivity index (χ0v) is 38.9. The van der Waals surface area contributed by atoms with E-state index in [1.165, 1.54) is 51.4 Å². The zero-order chi connectivity index (χ0) is 48.8. The molecular weight excluding hydrogens is 845 g/mol. The van der Waals surface area contributed by atoms with Crippen molar-refractivity contribution in [2.24, 2.45) is 5.73 Å². The highest BCUT2D eigenvalue weighted by atomic mass is 16.7. The Balaban J connectivity index is 2.85. The molecule has 1 rings (SSSR count). The monoisotopic (exact) mass is 908 g/mol. The summed E-state index contributed by atoms with van der Waals surface area (Å²) in [4.78, 5) is 12.9. The van der Waals surface area contributed by atoms with E-state index in [2.05, 4.69) is 154 Å². The molecule has 1 fully saturated rings. The fraction of sp³-hybridized carbons (Fsp3) is 0.554. The molecular formula is C56H64N2O9. The lowest BCUT2D eigenvalue weighted by molar-refractivity contribution is -0.304. The number of unbranched alkanes of at least 4 members (excludes halogenated alkanes) is 14. The Bertz CT molecular complexity index is 2270. The topological polar surface area (TPSA) is 184 Å². The normalized spacial score (nSPS) is 17.2. The molecule has 0 aromatic carbocycles. The van der Waals surface area contributed by atoms with Crippen molar-refractivity contribution in [3.63, 3.8) is 0 Å². The number of rotatable bonds is 27. The Labute approximate surface area is 400 Å². The quantitative estimate of drug-likeness (QED) is 0.0478. The number of nitrogens with two attached hydrogens (primary N) is 1. The van der Waals surface area contributed by atoms with Gasteiger partial charge in [0.1, 0.15) is 30.5 Å². The molecule has 1 saturated heterocycles. The molecule has 352 valence electrons. The number of aliphatic hydroxyl groups is 5. The fourth-order valence-electron chi connectivity index (χ4n) is 6.13. The lowest BCUT2D eigenvalue weighted by Crippen LogP contribution is -2.60. The molecule has 0 saturated carbocycles. The van der Waals surface area contributed by atoms with Crippen LogP contribution in [0.4, 0.5) is 0 Å². The number of hydrogen-bond donors (Lipinski definition) is 7. The molecule has 5 unspecified atom stereocenters. The van der Waals surface area contributed by atoms with Gasteiger partial charge in [-0.05, 0) is 127 Å². The Morgan fingerprint density at radius 1 is 0.582 bits per heavy atom. The number of hydrogen-bond acceptors (Lipinski definition) is 10. The number of carbonyl (C=O) groups excluding carboxylic acids is 1. The summed E-state index contributed by atoms with van der Waals surface area (Å²) in [5, 5.41) is 56.5. The molecule has 11 heteroatoms. The third-order valence-corrected chi connectivity index (χ3v) is 9.72. The zero-order valence-electron chi connectivity index (χ0n) is 38.9. The first-order chi connectivity index (χ1) is 32.8. The van der Waals surface area contributed by atoms with Gasteiger partial charge in [-0.15, -0.1) is 0 Å². The Hall–Kier alpha value is -6.17. The summed E-state index contributed by atoms with van der Waals surface area (Å²) < 4.78 is 17.2. The Morgan fingerprint density at radius 2 is 1.01 bits per heavy atom. The van der Waals surface area contributed by atoms with Crippen LogP contribution in [0.3, 0.4) is 0 Å². The standard InChI is InChI=1S/C56H64N2O9/c1-3-5-7-9-11-13-15-17-18-19-20-21-22-23-24-25-26-27-29-31-33-35-39-43-51(60)58-48(52(61)49(59)42-38-34-32-30-28-16-14-12-10-8-6-4-2)46-66-56-55(64)54(63)53(62)50(67-56)47-65-45-41-37-36-40-44-57/h48-50,52-56,59,61-64H,4,6,8,10,12,14,16,28,30,32,34,36-38,40-42,44-47,57H2,1-2H3,(H,58,60)/t48-,49+,50?,52-,53?,54?,55?,56?/m0/s1. The second kappa shape index (κ2) is 42.5. The van der Waals surface area contributed by atoms with Gasteiger partial charge in [-0.2, -0.15) is 0 Å². The van der Waals surface area contributed by atoms with Gasteiger partial charge in [0.25, 0.3) is 5.91 Å². The van der Waals surface area contributed by atoms with E-state index in [9.17, 15) is 30.3 Å². The van der Waals surface area contributed by atoms with Gasteiger partial charge in [0.15, 0.2) is 6.29 Å². The minimum atomic E-state index is -1.66. The van der Waals surface area contributed by atoms with Gasteiger partial charge in [0, 0.05) is 48.0 Å². The molecule has 0 aromatic rings. The van der Waals surface area contributed by atoms with Crippen molar-refractivity contribution in [2.45, 2.75) is 172 Å². The number of aliphatic hydroxyl groups excluding tert-OH is 5. The summed E-state index contributed by atoms with van der Waals surface area (Å²) in [5.74, 6) is 58.8. The molecule has 0 spiro atoms. The van der Waals surface area contributed by atoms with E-state index in [1.807, 2.05) is 0 Å². The molecule has 1 aliphatic heterocycles. The molecule has 0 aliphatic carbocycles. The van der Waals surface area contributed by atoms with Gasteiger partial charge < -0.3 is 50.8 Å². The predicted molar refractivity (Wildman–Crippen MR) is 260 cm³/mol. The van der Waals surface area contributed by atoms with Gasteiger partial charge >= 0.3 is 0 Å². The molecule has 67 heavy (non-hydrogen) atoms. The van der Waals surface area contributed by atoms with Crippen LogP contribution < -0.4 is 11.1 Å². The van der Waals surface area contributed by atoms with E-state index >= 15 is 0 Å². The first-order valence-electron chi connectivity index (χ1n) is 22.9. The van der Waals surface area contributed by atoms with E-state index in [1.54, 1.807) is 6.92 Å². The summed E-state index contributed by atoms with van der Waals surface area (Å²) in [7, 11) is 0. The minimum absolute atomic E-state index is 0.0735. The van der Waals surface area contributed by atoms with Crippen molar-refractivity contribution in [3.8, 4) is 142 Å². The second-order valence-corrected chi connectivity index (χ2v) is 15.1. The lowest BCUT2D eigenvalue weighted by atomic mass is 9.98. The van der Waals surface area contributed by atoms with Crippen LogP contribution in [0.1, 0.15) is 123 Å². The van der Waals surface area contributed by atoms with E-state index in [-0.39, 0.29) is 13.0 Å². The predicted octanol–water partition coefficient (Wildman–Crippen LogP) is 2.70. The maximum Gasteiger partial charge on any atom is 0.297 e. The van der Waals surface area contributed by atoms with E-state index in [0.717, 1.165) is 44.9 Å². The van der Waals surface area contributed by atoms with Crippen LogP contribution in [0, 0.1) is 142 Å². The fourth-order valence-corrected chi connectivity index (χ4v) is 6.13. The summed E-state index contributed by atoms with van der Waals surface area (Å²) in [6, 6.07) is -1.21. The molecule has 0 aromatic heterocycles. The summed E-state index contributed by atoms with van der Waals surface area (Å²) in [5.41, 5.74) is 5.54. The van der Waals surface area contributed by atoms with E-state index in [4.69, 9.17) is 19.9 Å². The summed E-state index contributed by atoms with van der Waals surface area (Å²) in [6.45, 7) is 4.39. The highest BCUT2D eigenvalue weighted by Gasteiger charge is 2.45. The van der Waals surface area contributed by atoms with Crippen LogP contribution in [0.25, 0.3) is 0 Å². The molecule has 1 heterocycles. The van der Waals surface area contributed by atoms with Crippen molar-refractivity contribution >= 4 is 5.91 Å².